The predicted molar refractivity (Wildman–Crippen MR) is 117 cm³/mol. The van der Waals surface area contributed by atoms with Crippen LogP contribution in [-0.4, -0.2) is 71.8 Å². The lowest BCUT2D eigenvalue weighted by molar-refractivity contribution is 0.599. The van der Waals surface area contributed by atoms with Crippen molar-refractivity contribution in [2.75, 3.05) is 34.0 Å². The maximum Gasteiger partial charge on any atom is 0.234 e. The molecule has 0 aliphatic carbocycles. The van der Waals surface area contributed by atoms with Gasteiger partial charge in [0.25, 0.3) is 0 Å². The van der Waals surface area contributed by atoms with E-state index >= 15 is 0 Å². The van der Waals surface area contributed by atoms with Gasteiger partial charge in [0.15, 0.2) is 0 Å². The summed E-state index contributed by atoms with van der Waals surface area (Å²) >= 11 is 0. The summed E-state index contributed by atoms with van der Waals surface area (Å²) in [7, 11) is -7.37. The SMILES string of the molecule is NCCS(=O)(=O)Nc1cnccc1-c1nnc(-c2ccncc2NS(=O)(=O)CCN)nn1. The number of pyridine rings is 2. The molecule has 0 amide bonds. The van der Waals surface area contributed by atoms with E-state index in [0.717, 1.165) is 0 Å². The minimum atomic E-state index is -3.69. The Hall–Kier alpha value is -3.34. The summed E-state index contributed by atoms with van der Waals surface area (Å²) < 4.78 is 53.0. The number of nitrogens with zero attached hydrogens (tertiary/aromatic N) is 6. The highest BCUT2D eigenvalue weighted by molar-refractivity contribution is 7.93. The Morgan fingerprint density at radius 2 is 1.06 bits per heavy atom. The smallest absolute Gasteiger partial charge is 0.234 e. The van der Waals surface area contributed by atoms with Crippen molar-refractivity contribution >= 4 is 31.4 Å². The summed E-state index contributed by atoms with van der Waals surface area (Å²) in [6, 6.07) is 3.00. The van der Waals surface area contributed by atoms with Crippen molar-refractivity contribution in [3.63, 3.8) is 0 Å². The number of nitrogens with one attached hydrogen (secondary N) is 2. The quantitative estimate of drug-likeness (QED) is 0.268. The second-order valence-corrected chi connectivity index (χ2v) is 9.99. The number of hydrogen-bond acceptors (Lipinski definition) is 12. The average Bonchev–Trinajstić information content (AvgIpc) is 2.74. The van der Waals surface area contributed by atoms with Crippen LogP contribution in [-0.2, 0) is 20.0 Å². The third-order valence-corrected chi connectivity index (χ3v) is 6.52. The van der Waals surface area contributed by atoms with Gasteiger partial charge in [-0.25, -0.2) is 16.8 Å². The van der Waals surface area contributed by atoms with E-state index in [1.54, 1.807) is 0 Å². The molecule has 0 saturated heterocycles. The fourth-order valence-electron chi connectivity index (χ4n) is 2.53. The number of hydrogen-bond donors (Lipinski definition) is 4. The Bertz CT molecular complexity index is 1180. The standard InChI is InChI=1S/C16H20N10O4S2/c17-3-7-31(27,28)25-13-9-19-5-1-11(13)15-21-23-16(24-22-15)12-2-6-20-10-14(12)26-32(29,30)8-4-18/h1-2,5-6,9-10,25-26H,3-4,7-8,17-18H2. The van der Waals surface area contributed by atoms with Crippen LogP contribution in [0.3, 0.4) is 0 Å². The van der Waals surface area contributed by atoms with E-state index in [1.807, 2.05) is 0 Å². The Morgan fingerprint density at radius 3 is 1.41 bits per heavy atom. The summed E-state index contributed by atoms with van der Waals surface area (Å²) in [5.41, 5.74) is 11.5. The van der Waals surface area contributed by atoms with E-state index in [9.17, 15) is 16.8 Å². The molecule has 0 spiro atoms. The summed E-state index contributed by atoms with van der Waals surface area (Å²) in [6.07, 6.45) is 5.46. The van der Waals surface area contributed by atoms with Gasteiger partial charge in [0, 0.05) is 25.5 Å². The van der Waals surface area contributed by atoms with Gasteiger partial charge in [-0.2, -0.15) is 0 Å². The van der Waals surface area contributed by atoms with Crippen molar-refractivity contribution in [3.8, 4) is 22.8 Å². The van der Waals surface area contributed by atoms with Crippen LogP contribution in [0.25, 0.3) is 22.8 Å². The van der Waals surface area contributed by atoms with Crippen LogP contribution in [0.2, 0.25) is 0 Å². The second kappa shape index (κ2) is 9.86. The molecule has 3 aromatic heterocycles. The molecule has 0 aliphatic rings. The van der Waals surface area contributed by atoms with Crippen molar-refractivity contribution < 1.29 is 16.8 Å². The number of rotatable bonds is 10. The molecule has 3 heterocycles. The van der Waals surface area contributed by atoms with Gasteiger partial charge in [-0.1, -0.05) is 0 Å². The Morgan fingerprint density at radius 1 is 0.688 bits per heavy atom. The van der Waals surface area contributed by atoms with Crippen LogP contribution in [0.1, 0.15) is 0 Å². The van der Waals surface area contributed by atoms with Gasteiger partial charge in [-0.15, -0.1) is 20.4 Å². The van der Waals surface area contributed by atoms with Gasteiger partial charge in [0.05, 0.1) is 46.4 Å². The van der Waals surface area contributed by atoms with E-state index < -0.39 is 20.0 Å². The summed E-state index contributed by atoms with van der Waals surface area (Å²) in [5.74, 6) is -0.493. The van der Waals surface area contributed by atoms with Crippen LogP contribution < -0.4 is 20.9 Å². The molecular weight excluding hydrogens is 460 g/mol. The highest BCUT2D eigenvalue weighted by Crippen LogP contribution is 2.27. The van der Waals surface area contributed by atoms with Gasteiger partial charge in [0.1, 0.15) is 0 Å². The maximum absolute atomic E-state index is 12.1. The van der Waals surface area contributed by atoms with Crippen molar-refractivity contribution in [2.45, 2.75) is 0 Å². The van der Waals surface area contributed by atoms with Crippen LogP contribution in [0.5, 0.6) is 0 Å². The van der Waals surface area contributed by atoms with E-state index in [1.165, 1.54) is 36.9 Å². The first-order chi connectivity index (χ1) is 15.2. The van der Waals surface area contributed by atoms with Gasteiger partial charge < -0.3 is 11.5 Å². The Kier molecular flexibility index (Phi) is 7.18. The molecule has 16 heteroatoms. The monoisotopic (exact) mass is 480 g/mol. The molecule has 32 heavy (non-hydrogen) atoms. The van der Waals surface area contributed by atoms with E-state index in [0.29, 0.717) is 11.1 Å². The highest BCUT2D eigenvalue weighted by Gasteiger charge is 2.18. The third-order valence-electron chi connectivity index (χ3n) is 3.91. The normalized spacial score (nSPS) is 11.8. The van der Waals surface area contributed by atoms with Crippen LogP contribution in [0.4, 0.5) is 11.4 Å². The number of nitrogens with two attached hydrogens (primary N) is 2. The maximum atomic E-state index is 12.1. The Labute approximate surface area is 184 Å². The Balaban J connectivity index is 1.93. The molecule has 0 bridgehead atoms. The van der Waals surface area contributed by atoms with Crippen molar-refractivity contribution in [1.29, 1.82) is 0 Å². The lowest BCUT2D eigenvalue weighted by atomic mass is 10.2. The first-order valence-corrected chi connectivity index (χ1v) is 12.4. The minimum absolute atomic E-state index is 0.0286. The van der Waals surface area contributed by atoms with Gasteiger partial charge in [-0.3, -0.25) is 19.4 Å². The van der Waals surface area contributed by atoms with Gasteiger partial charge in [-0.05, 0) is 12.1 Å². The second-order valence-electron chi connectivity index (χ2n) is 6.31. The average molecular weight is 481 g/mol. The first kappa shape index (κ1) is 23.3. The van der Waals surface area contributed by atoms with Gasteiger partial charge >= 0.3 is 0 Å². The summed E-state index contributed by atoms with van der Waals surface area (Å²) in [4.78, 5) is 7.81. The van der Waals surface area contributed by atoms with Crippen LogP contribution >= 0.6 is 0 Å². The molecule has 6 N–H and O–H groups in total. The molecule has 0 atom stereocenters. The fourth-order valence-corrected chi connectivity index (χ4v) is 4.35. The zero-order valence-electron chi connectivity index (χ0n) is 16.6. The first-order valence-electron chi connectivity index (χ1n) is 9.12. The molecule has 0 aliphatic heterocycles. The van der Waals surface area contributed by atoms with E-state index in [4.69, 9.17) is 11.5 Å². The molecule has 0 radical (unpaired) electrons. The molecule has 0 unspecified atom stereocenters. The van der Waals surface area contributed by atoms with Crippen LogP contribution in [0.15, 0.2) is 36.9 Å². The zero-order valence-corrected chi connectivity index (χ0v) is 18.2. The molecule has 170 valence electrons. The van der Waals surface area contributed by atoms with Crippen molar-refractivity contribution in [2.24, 2.45) is 11.5 Å². The summed E-state index contributed by atoms with van der Waals surface area (Å²) in [6.45, 7) is -0.106. The molecule has 0 aromatic carbocycles. The topological polar surface area (TPSA) is 222 Å². The number of sulfonamides is 2. The van der Waals surface area contributed by atoms with Crippen molar-refractivity contribution in [3.05, 3.63) is 36.9 Å². The largest absolute Gasteiger partial charge is 0.329 e. The summed E-state index contributed by atoms with van der Waals surface area (Å²) in [5, 5.41) is 16.0. The minimum Gasteiger partial charge on any atom is -0.329 e. The highest BCUT2D eigenvalue weighted by atomic mass is 32.2. The third kappa shape index (κ3) is 5.88. The van der Waals surface area contributed by atoms with Crippen LogP contribution in [0, 0.1) is 0 Å². The van der Waals surface area contributed by atoms with E-state index in [-0.39, 0.29) is 47.6 Å². The van der Waals surface area contributed by atoms with E-state index in [2.05, 4.69) is 39.8 Å². The fraction of sp³-hybridized carbons (Fsp3) is 0.250. The molecule has 3 aromatic rings. The zero-order chi connectivity index (χ0) is 23.2. The number of anilines is 2. The lowest BCUT2D eigenvalue weighted by Crippen LogP contribution is -2.23. The molecular formula is C16H20N10O4S2. The lowest BCUT2D eigenvalue weighted by Gasteiger charge is -2.11. The molecule has 14 nitrogen and oxygen atoms in total. The molecule has 3 rings (SSSR count). The predicted octanol–water partition coefficient (Wildman–Crippen LogP) is -1.21. The van der Waals surface area contributed by atoms with Crippen molar-refractivity contribution in [1.82, 2.24) is 30.4 Å². The number of aromatic nitrogens is 6. The van der Waals surface area contributed by atoms with Gasteiger partial charge in [0.2, 0.25) is 31.7 Å². The molecule has 0 saturated carbocycles. The molecule has 0 fully saturated rings.